The fraction of sp³-hybridized carbons (Fsp3) is 0.455. The van der Waals surface area contributed by atoms with Gasteiger partial charge in [0.2, 0.25) is 0 Å². The molecule has 14 heavy (non-hydrogen) atoms. The number of hydrogen-bond donors (Lipinski definition) is 1. The predicted molar refractivity (Wildman–Crippen MR) is 63.5 cm³/mol. The van der Waals surface area contributed by atoms with E-state index in [1.807, 2.05) is 0 Å². The summed E-state index contributed by atoms with van der Waals surface area (Å²) >= 11 is 3.49. The second kappa shape index (κ2) is 4.32. The molecule has 3 heteroatoms. The molecule has 2 nitrogen and oxygen atoms in total. The van der Waals surface area contributed by atoms with Gasteiger partial charge in [0.1, 0.15) is 0 Å². The molecule has 1 fully saturated rings. The van der Waals surface area contributed by atoms with Gasteiger partial charge in [0, 0.05) is 23.2 Å². The molecule has 0 unspecified atom stereocenters. The highest BCUT2D eigenvalue weighted by Crippen LogP contribution is 2.25. The molecular formula is C11H15BrN2. The lowest BCUT2D eigenvalue weighted by atomic mass is 10.1. The summed E-state index contributed by atoms with van der Waals surface area (Å²) in [5.41, 5.74) is 6.97. The predicted octanol–water partition coefficient (Wildman–Crippen LogP) is 2.23. The molecule has 0 aromatic heterocycles. The first-order valence-corrected chi connectivity index (χ1v) is 5.79. The normalized spacial score (nSPS) is 21.6. The largest absolute Gasteiger partial charge is 0.371 e. The Hall–Kier alpha value is -0.540. The van der Waals surface area contributed by atoms with Crippen molar-refractivity contribution >= 4 is 21.6 Å². The van der Waals surface area contributed by atoms with Gasteiger partial charge < -0.3 is 10.6 Å². The molecule has 0 radical (unpaired) electrons. The van der Waals surface area contributed by atoms with E-state index >= 15 is 0 Å². The number of halogens is 1. The molecule has 1 aromatic rings. The van der Waals surface area contributed by atoms with Crippen LogP contribution in [0.25, 0.3) is 0 Å². The number of nitrogens with zero attached hydrogens (tertiary/aromatic N) is 1. The zero-order chi connectivity index (χ0) is 9.97. The molecule has 2 N–H and O–H groups in total. The first-order chi connectivity index (χ1) is 6.79. The summed E-state index contributed by atoms with van der Waals surface area (Å²) in [6, 6.07) is 8.46. The van der Waals surface area contributed by atoms with Gasteiger partial charge in [0.05, 0.1) is 0 Å². The zero-order valence-corrected chi connectivity index (χ0v) is 9.70. The minimum atomic E-state index is 0.675. The van der Waals surface area contributed by atoms with Gasteiger partial charge in [0.15, 0.2) is 0 Å². The molecule has 1 aliphatic heterocycles. The van der Waals surface area contributed by atoms with E-state index in [1.54, 1.807) is 0 Å². The SMILES string of the molecule is NC[C@H]1CCN(c2cccc(Br)c2)C1. The first kappa shape index (κ1) is 9.99. The highest BCUT2D eigenvalue weighted by molar-refractivity contribution is 9.10. The van der Waals surface area contributed by atoms with Gasteiger partial charge >= 0.3 is 0 Å². The summed E-state index contributed by atoms with van der Waals surface area (Å²) in [5, 5.41) is 0. The molecule has 0 amide bonds. The van der Waals surface area contributed by atoms with Crippen LogP contribution in [0.1, 0.15) is 6.42 Å². The fourth-order valence-corrected chi connectivity index (χ4v) is 2.32. The molecule has 2 rings (SSSR count). The fourth-order valence-electron chi connectivity index (χ4n) is 1.93. The Balaban J connectivity index is 2.09. The molecule has 0 aliphatic carbocycles. The van der Waals surface area contributed by atoms with Crippen LogP contribution in [0.15, 0.2) is 28.7 Å². The van der Waals surface area contributed by atoms with Crippen molar-refractivity contribution in [3.8, 4) is 0 Å². The Morgan fingerprint density at radius 3 is 3.00 bits per heavy atom. The van der Waals surface area contributed by atoms with Crippen molar-refractivity contribution in [3.63, 3.8) is 0 Å². The lowest BCUT2D eigenvalue weighted by molar-refractivity contribution is 0.602. The van der Waals surface area contributed by atoms with E-state index in [2.05, 4.69) is 45.1 Å². The summed E-state index contributed by atoms with van der Waals surface area (Å²) in [6.45, 7) is 3.05. The molecule has 1 aliphatic rings. The summed E-state index contributed by atoms with van der Waals surface area (Å²) in [4.78, 5) is 2.41. The quantitative estimate of drug-likeness (QED) is 0.878. The third kappa shape index (κ3) is 2.10. The number of rotatable bonds is 2. The maximum atomic E-state index is 5.67. The summed E-state index contributed by atoms with van der Waals surface area (Å²) < 4.78 is 1.14. The van der Waals surface area contributed by atoms with E-state index in [0.717, 1.165) is 24.1 Å². The van der Waals surface area contributed by atoms with Crippen LogP contribution in [0, 0.1) is 5.92 Å². The van der Waals surface area contributed by atoms with Crippen LogP contribution in [0.4, 0.5) is 5.69 Å². The molecule has 1 aromatic carbocycles. The van der Waals surface area contributed by atoms with Crippen LogP contribution in [0.3, 0.4) is 0 Å². The van der Waals surface area contributed by atoms with Gasteiger partial charge in [-0.15, -0.1) is 0 Å². The first-order valence-electron chi connectivity index (χ1n) is 5.00. The van der Waals surface area contributed by atoms with Gasteiger partial charge in [-0.05, 0) is 37.1 Å². The van der Waals surface area contributed by atoms with Gasteiger partial charge in [0.25, 0.3) is 0 Å². The van der Waals surface area contributed by atoms with E-state index in [4.69, 9.17) is 5.73 Å². The van der Waals surface area contributed by atoms with E-state index in [1.165, 1.54) is 12.1 Å². The van der Waals surface area contributed by atoms with Crippen molar-refractivity contribution in [1.29, 1.82) is 0 Å². The number of hydrogen-bond acceptors (Lipinski definition) is 2. The monoisotopic (exact) mass is 254 g/mol. The average Bonchev–Trinajstić information content (AvgIpc) is 2.66. The van der Waals surface area contributed by atoms with Crippen LogP contribution in [0.2, 0.25) is 0 Å². The summed E-state index contributed by atoms with van der Waals surface area (Å²) in [5.74, 6) is 0.675. The van der Waals surface area contributed by atoms with Crippen molar-refractivity contribution in [2.45, 2.75) is 6.42 Å². The van der Waals surface area contributed by atoms with Crippen molar-refractivity contribution < 1.29 is 0 Å². The molecule has 0 bridgehead atoms. The number of anilines is 1. The van der Waals surface area contributed by atoms with Gasteiger partial charge in [-0.2, -0.15) is 0 Å². The second-order valence-corrected chi connectivity index (χ2v) is 4.73. The number of benzene rings is 1. The van der Waals surface area contributed by atoms with Crippen molar-refractivity contribution in [2.24, 2.45) is 11.7 Å². The van der Waals surface area contributed by atoms with Crippen LogP contribution in [-0.2, 0) is 0 Å². The van der Waals surface area contributed by atoms with E-state index in [-0.39, 0.29) is 0 Å². The Bertz CT molecular complexity index is 314. The van der Waals surface area contributed by atoms with E-state index < -0.39 is 0 Å². The summed E-state index contributed by atoms with van der Waals surface area (Å²) in [7, 11) is 0. The Labute approximate surface area is 93.2 Å². The standard InChI is InChI=1S/C11H15BrN2/c12-10-2-1-3-11(6-10)14-5-4-9(7-13)8-14/h1-3,6,9H,4-5,7-8,13H2/t9-/m1/s1. The second-order valence-electron chi connectivity index (χ2n) is 3.82. The van der Waals surface area contributed by atoms with Crippen LogP contribution >= 0.6 is 15.9 Å². The topological polar surface area (TPSA) is 29.3 Å². The number of nitrogens with two attached hydrogens (primary N) is 1. The van der Waals surface area contributed by atoms with Gasteiger partial charge in [-0.3, -0.25) is 0 Å². The molecule has 1 saturated heterocycles. The summed E-state index contributed by atoms with van der Waals surface area (Å²) in [6.07, 6.45) is 1.23. The van der Waals surface area contributed by atoms with Crippen LogP contribution in [0.5, 0.6) is 0 Å². The maximum Gasteiger partial charge on any atom is 0.0377 e. The maximum absolute atomic E-state index is 5.67. The average molecular weight is 255 g/mol. The smallest absolute Gasteiger partial charge is 0.0377 e. The van der Waals surface area contributed by atoms with Crippen molar-refractivity contribution in [1.82, 2.24) is 0 Å². The van der Waals surface area contributed by atoms with Crippen molar-refractivity contribution in [3.05, 3.63) is 28.7 Å². The Kier molecular flexibility index (Phi) is 3.08. The van der Waals surface area contributed by atoms with Crippen LogP contribution < -0.4 is 10.6 Å². The molecule has 1 atom stereocenters. The minimum absolute atomic E-state index is 0.675. The molecular weight excluding hydrogens is 240 g/mol. The molecule has 0 saturated carbocycles. The van der Waals surface area contributed by atoms with Gasteiger partial charge in [-0.25, -0.2) is 0 Å². The van der Waals surface area contributed by atoms with E-state index in [0.29, 0.717) is 5.92 Å². The Morgan fingerprint density at radius 1 is 1.50 bits per heavy atom. The molecule has 1 heterocycles. The van der Waals surface area contributed by atoms with E-state index in [9.17, 15) is 0 Å². The lowest BCUT2D eigenvalue weighted by Crippen LogP contribution is -2.22. The minimum Gasteiger partial charge on any atom is -0.371 e. The lowest BCUT2D eigenvalue weighted by Gasteiger charge is -2.18. The highest BCUT2D eigenvalue weighted by Gasteiger charge is 2.21. The van der Waals surface area contributed by atoms with Crippen LogP contribution in [-0.4, -0.2) is 19.6 Å². The third-order valence-corrected chi connectivity index (χ3v) is 3.29. The van der Waals surface area contributed by atoms with Gasteiger partial charge in [-0.1, -0.05) is 22.0 Å². The Morgan fingerprint density at radius 2 is 2.36 bits per heavy atom. The zero-order valence-electron chi connectivity index (χ0n) is 8.12. The molecule has 0 spiro atoms. The molecule has 76 valence electrons. The highest BCUT2D eigenvalue weighted by atomic mass is 79.9. The third-order valence-electron chi connectivity index (χ3n) is 2.79. The van der Waals surface area contributed by atoms with Crippen molar-refractivity contribution in [2.75, 3.05) is 24.5 Å².